The van der Waals surface area contributed by atoms with Gasteiger partial charge in [-0.05, 0) is 43.2 Å². The molecule has 3 rings (SSSR count). The molecule has 1 unspecified atom stereocenters. The van der Waals surface area contributed by atoms with Crippen molar-refractivity contribution in [1.82, 2.24) is 9.71 Å². The summed E-state index contributed by atoms with van der Waals surface area (Å²) in [5, 5.41) is 9.19. The Morgan fingerprint density at radius 3 is 2.65 bits per heavy atom. The van der Waals surface area contributed by atoms with Crippen molar-refractivity contribution in [3.05, 3.63) is 65.1 Å². The van der Waals surface area contributed by atoms with E-state index in [0.717, 1.165) is 52.4 Å². The van der Waals surface area contributed by atoms with Gasteiger partial charge in [0.05, 0.1) is 11.8 Å². The first kappa shape index (κ1) is 23.1. The maximum absolute atomic E-state index is 13.6. The number of hydrogen-bond acceptors (Lipinski definition) is 7. The summed E-state index contributed by atoms with van der Waals surface area (Å²) < 4.78 is 57.6. The molecule has 0 aliphatic heterocycles. The lowest BCUT2D eigenvalue weighted by Crippen LogP contribution is -2.25. The van der Waals surface area contributed by atoms with Crippen molar-refractivity contribution in [2.45, 2.75) is 18.1 Å². The Bertz CT molecular complexity index is 1330. The molecular weight excluding hydrogens is 464 g/mol. The zero-order valence-corrected chi connectivity index (χ0v) is 18.9. The standard InChI is InChI=1S/C19H17FN3O5PS2/c1-12-3-4-14(7-13(12)2)19-22-10-18(30-19)31(26,27)23-11-29(24,25)28-16-6-5-15(9-21)17(20)8-16/h3-8,10,23H,11H2,1-2H3,(H,24,25). The average Bonchev–Trinajstić information content (AvgIpc) is 3.20. The van der Waals surface area contributed by atoms with Crippen LogP contribution in [-0.2, 0) is 14.6 Å². The molecule has 0 radical (unpaired) electrons. The molecule has 0 aliphatic carbocycles. The Morgan fingerprint density at radius 1 is 1.26 bits per heavy atom. The van der Waals surface area contributed by atoms with Crippen LogP contribution in [0, 0.1) is 31.0 Å². The highest BCUT2D eigenvalue weighted by molar-refractivity contribution is 7.92. The molecule has 8 nitrogen and oxygen atoms in total. The number of nitriles is 1. The SMILES string of the molecule is Cc1ccc(-c2ncc(S(=O)(=O)NCP(=O)(O)Oc3ccc(C#N)c(F)c3)s2)cc1C. The molecule has 0 bridgehead atoms. The fraction of sp³-hybridized carbons (Fsp3) is 0.158. The highest BCUT2D eigenvalue weighted by Crippen LogP contribution is 2.42. The van der Waals surface area contributed by atoms with Crippen LogP contribution in [0.4, 0.5) is 4.39 Å². The van der Waals surface area contributed by atoms with Crippen LogP contribution in [0.2, 0.25) is 0 Å². The van der Waals surface area contributed by atoms with Crippen LogP contribution in [0.15, 0.2) is 46.8 Å². The summed E-state index contributed by atoms with van der Waals surface area (Å²) >= 11 is 0.914. The lowest BCUT2D eigenvalue weighted by atomic mass is 10.1. The minimum absolute atomic E-state index is 0.134. The first-order valence-corrected chi connectivity index (χ1v) is 12.8. The van der Waals surface area contributed by atoms with Crippen molar-refractivity contribution in [2.75, 3.05) is 6.29 Å². The topological polar surface area (TPSA) is 129 Å². The summed E-state index contributed by atoms with van der Waals surface area (Å²) in [6, 6.07) is 10.2. The van der Waals surface area contributed by atoms with Crippen molar-refractivity contribution in [3.8, 4) is 22.4 Å². The number of hydrogen-bond donors (Lipinski definition) is 2. The minimum Gasteiger partial charge on any atom is -0.424 e. The number of nitrogens with one attached hydrogen (secondary N) is 1. The number of aryl methyl sites for hydroxylation is 2. The van der Waals surface area contributed by atoms with Crippen molar-refractivity contribution in [1.29, 1.82) is 5.26 Å². The number of halogens is 1. The van der Waals surface area contributed by atoms with Gasteiger partial charge in [-0.3, -0.25) is 0 Å². The molecule has 0 spiro atoms. The number of thiazole rings is 1. The zero-order valence-electron chi connectivity index (χ0n) is 16.4. The molecule has 1 atom stereocenters. The zero-order chi connectivity index (χ0) is 22.8. The molecule has 3 aromatic rings. The third-order valence-electron chi connectivity index (χ3n) is 4.27. The van der Waals surface area contributed by atoms with Crippen LogP contribution in [0.5, 0.6) is 5.75 Å². The molecule has 1 heterocycles. The summed E-state index contributed by atoms with van der Waals surface area (Å²) in [6.45, 7) is 3.90. The van der Waals surface area contributed by atoms with E-state index >= 15 is 0 Å². The van der Waals surface area contributed by atoms with E-state index in [2.05, 4.69) is 4.98 Å². The van der Waals surface area contributed by atoms with E-state index in [4.69, 9.17) is 9.79 Å². The monoisotopic (exact) mass is 481 g/mol. The van der Waals surface area contributed by atoms with Gasteiger partial charge in [-0.1, -0.05) is 12.1 Å². The van der Waals surface area contributed by atoms with Gasteiger partial charge in [0.1, 0.15) is 28.9 Å². The quantitative estimate of drug-likeness (QED) is 0.489. The van der Waals surface area contributed by atoms with E-state index in [-0.39, 0.29) is 15.5 Å². The van der Waals surface area contributed by atoms with Crippen LogP contribution >= 0.6 is 18.9 Å². The molecule has 0 saturated heterocycles. The number of aromatic nitrogens is 1. The minimum atomic E-state index is -4.49. The van der Waals surface area contributed by atoms with Gasteiger partial charge in [0.25, 0.3) is 10.0 Å². The molecular formula is C19H17FN3O5PS2. The van der Waals surface area contributed by atoms with Gasteiger partial charge in [-0.2, -0.15) is 9.98 Å². The van der Waals surface area contributed by atoms with E-state index in [9.17, 15) is 22.3 Å². The van der Waals surface area contributed by atoms with Crippen molar-refractivity contribution in [2.24, 2.45) is 0 Å². The Morgan fingerprint density at radius 2 is 2.00 bits per heavy atom. The van der Waals surface area contributed by atoms with Crippen LogP contribution in [-0.4, -0.2) is 24.6 Å². The Labute approximate surface area is 182 Å². The van der Waals surface area contributed by atoms with Crippen LogP contribution < -0.4 is 9.25 Å². The van der Waals surface area contributed by atoms with Gasteiger partial charge >= 0.3 is 7.60 Å². The molecule has 162 valence electrons. The van der Waals surface area contributed by atoms with E-state index in [1.165, 1.54) is 0 Å². The predicted molar refractivity (Wildman–Crippen MR) is 114 cm³/mol. The van der Waals surface area contributed by atoms with E-state index in [0.29, 0.717) is 5.01 Å². The second kappa shape index (κ2) is 8.86. The highest BCUT2D eigenvalue weighted by Gasteiger charge is 2.27. The Balaban J connectivity index is 1.71. The van der Waals surface area contributed by atoms with Gasteiger partial charge < -0.3 is 9.42 Å². The highest BCUT2D eigenvalue weighted by atomic mass is 32.2. The predicted octanol–water partition coefficient (Wildman–Crippen LogP) is 3.94. The summed E-state index contributed by atoms with van der Waals surface area (Å²) in [5.74, 6) is -1.24. The van der Waals surface area contributed by atoms with Gasteiger partial charge in [-0.25, -0.2) is 22.4 Å². The molecule has 0 saturated carbocycles. The van der Waals surface area contributed by atoms with Crippen LogP contribution in [0.25, 0.3) is 10.6 Å². The van der Waals surface area contributed by atoms with Gasteiger partial charge in [0.15, 0.2) is 4.21 Å². The molecule has 2 N–H and O–H groups in total. The molecule has 31 heavy (non-hydrogen) atoms. The average molecular weight is 481 g/mol. The molecule has 12 heteroatoms. The largest absolute Gasteiger partial charge is 0.424 e. The fourth-order valence-corrected chi connectivity index (χ4v) is 6.14. The van der Waals surface area contributed by atoms with Crippen LogP contribution in [0.3, 0.4) is 0 Å². The van der Waals surface area contributed by atoms with E-state index < -0.39 is 29.7 Å². The second-order valence-corrected chi connectivity index (χ2v) is 11.4. The van der Waals surface area contributed by atoms with E-state index in [1.807, 2.05) is 36.8 Å². The Hall–Kier alpha value is -2.61. The summed E-state index contributed by atoms with van der Waals surface area (Å²) in [4.78, 5) is 14.1. The normalized spacial score (nSPS) is 13.4. The Kier molecular flexibility index (Phi) is 6.59. The molecule has 1 aromatic heterocycles. The first-order valence-electron chi connectivity index (χ1n) is 8.75. The van der Waals surface area contributed by atoms with Crippen molar-refractivity contribution in [3.63, 3.8) is 0 Å². The lowest BCUT2D eigenvalue weighted by Gasteiger charge is -2.14. The summed E-state index contributed by atoms with van der Waals surface area (Å²) in [7, 11) is -8.63. The molecule has 2 aromatic carbocycles. The summed E-state index contributed by atoms with van der Waals surface area (Å²) in [5.41, 5.74) is 2.63. The van der Waals surface area contributed by atoms with E-state index in [1.54, 1.807) is 6.07 Å². The number of rotatable bonds is 7. The fourth-order valence-electron chi connectivity index (χ4n) is 2.47. The number of sulfonamides is 1. The molecule has 0 aliphatic rings. The third kappa shape index (κ3) is 5.55. The van der Waals surface area contributed by atoms with Gasteiger partial charge in [0.2, 0.25) is 0 Å². The van der Waals surface area contributed by atoms with Crippen LogP contribution in [0.1, 0.15) is 16.7 Å². The molecule has 0 amide bonds. The smallest absolute Gasteiger partial charge is 0.391 e. The molecule has 0 fully saturated rings. The van der Waals surface area contributed by atoms with Crippen molar-refractivity contribution < 1.29 is 26.8 Å². The number of benzene rings is 2. The third-order valence-corrected chi connectivity index (χ3v) is 8.44. The van der Waals surface area contributed by atoms with Gasteiger partial charge in [-0.15, -0.1) is 11.3 Å². The van der Waals surface area contributed by atoms with Gasteiger partial charge in [0, 0.05) is 11.6 Å². The lowest BCUT2D eigenvalue weighted by molar-refractivity contribution is 0.377. The first-order chi connectivity index (χ1) is 14.5. The van der Waals surface area contributed by atoms with Crippen molar-refractivity contribution >= 4 is 29.0 Å². The maximum atomic E-state index is 13.6. The second-order valence-electron chi connectivity index (χ2n) is 6.57. The number of nitrogens with zero attached hydrogens (tertiary/aromatic N) is 2. The maximum Gasteiger partial charge on any atom is 0.391 e. The summed E-state index contributed by atoms with van der Waals surface area (Å²) in [6.07, 6.45) is 0.227.